The van der Waals surface area contributed by atoms with Gasteiger partial charge in [-0.05, 0) is 11.6 Å². The summed E-state index contributed by atoms with van der Waals surface area (Å²) in [4.78, 5) is 14.1. The molecule has 4 nitrogen and oxygen atoms in total. The molecule has 0 aliphatic rings. The number of aromatic nitrogens is 1. The molecule has 2 rings (SSSR count). The zero-order valence-electron chi connectivity index (χ0n) is 9.95. The van der Waals surface area contributed by atoms with Gasteiger partial charge < -0.3 is 15.4 Å². The van der Waals surface area contributed by atoms with E-state index >= 15 is 0 Å². The summed E-state index contributed by atoms with van der Waals surface area (Å²) in [5.74, 6) is -0.902. The number of nitrogens with one attached hydrogen (secondary N) is 2. The first-order valence-electron chi connectivity index (χ1n) is 5.65. The minimum atomic E-state index is -0.902. The van der Waals surface area contributed by atoms with E-state index in [4.69, 9.17) is 5.11 Å². The molecule has 0 radical (unpaired) electrons. The Morgan fingerprint density at radius 1 is 1.47 bits per heavy atom. The third-order valence-corrected chi connectivity index (χ3v) is 2.73. The predicted octanol–water partition coefficient (Wildman–Crippen LogP) is 2.36. The van der Waals surface area contributed by atoms with E-state index in [1.54, 1.807) is 12.1 Å². The molecule has 17 heavy (non-hydrogen) atoms. The summed E-state index contributed by atoms with van der Waals surface area (Å²) in [5, 5.41) is 13.4. The van der Waals surface area contributed by atoms with Crippen LogP contribution in [0.25, 0.3) is 10.9 Å². The maximum absolute atomic E-state index is 11.1. The van der Waals surface area contributed by atoms with Crippen molar-refractivity contribution in [2.75, 3.05) is 0 Å². The summed E-state index contributed by atoms with van der Waals surface area (Å²) in [6.45, 7) is 4.90. The van der Waals surface area contributed by atoms with Crippen molar-refractivity contribution >= 4 is 16.9 Å². The molecular weight excluding hydrogens is 216 g/mol. The zero-order chi connectivity index (χ0) is 12.4. The van der Waals surface area contributed by atoms with Crippen molar-refractivity contribution in [2.24, 2.45) is 0 Å². The number of rotatable bonds is 4. The molecule has 0 aliphatic heterocycles. The van der Waals surface area contributed by atoms with Gasteiger partial charge in [0.1, 0.15) is 0 Å². The first-order chi connectivity index (χ1) is 8.09. The quantitative estimate of drug-likeness (QED) is 0.758. The predicted molar refractivity (Wildman–Crippen MR) is 67.2 cm³/mol. The highest BCUT2D eigenvalue weighted by molar-refractivity contribution is 6.02. The normalized spacial score (nSPS) is 11.2. The lowest BCUT2D eigenvalue weighted by Crippen LogP contribution is -2.21. The summed E-state index contributed by atoms with van der Waals surface area (Å²) in [5.41, 5.74) is 2.11. The molecule has 2 aromatic rings. The maximum atomic E-state index is 11.1. The summed E-state index contributed by atoms with van der Waals surface area (Å²) >= 11 is 0. The lowest BCUT2D eigenvalue weighted by molar-refractivity contribution is 0.0699. The van der Waals surface area contributed by atoms with Crippen molar-refractivity contribution in [3.63, 3.8) is 0 Å². The molecule has 0 amide bonds. The number of benzene rings is 1. The highest BCUT2D eigenvalue weighted by atomic mass is 16.4. The Morgan fingerprint density at radius 2 is 2.24 bits per heavy atom. The van der Waals surface area contributed by atoms with Gasteiger partial charge in [0.05, 0.1) is 11.1 Å². The topological polar surface area (TPSA) is 65.1 Å². The molecule has 1 aromatic heterocycles. The van der Waals surface area contributed by atoms with Gasteiger partial charge in [-0.15, -0.1) is 0 Å². The SMILES string of the molecule is CC(C)NCc1c[nH]c2c(C(=O)O)cccc12. The number of hydrogen-bond acceptors (Lipinski definition) is 2. The van der Waals surface area contributed by atoms with E-state index in [2.05, 4.69) is 24.1 Å². The molecule has 3 N–H and O–H groups in total. The lowest BCUT2D eigenvalue weighted by atomic mass is 10.1. The number of fused-ring (bicyclic) bond motifs is 1. The summed E-state index contributed by atoms with van der Waals surface area (Å²) in [6, 6.07) is 5.73. The molecule has 0 spiro atoms. The van der Waals surface area contributed by atoms with Crippen molar-refractivity contribution in [1.29, 1.82) is 0 Å². The van der Waals surface area contributed by atoms with Crippen LogP contribution in [-0.4, -0.2) is 22.1 Å². The van der Waals surface area contributed by atoms with Crippen molar-refractivity contribution in [3.05, 3.63) is 35.5 Å². The maximum Gasteiger partial charge on any atom is 0.337 e. The zero-order valence-corrected chi connectivity index (χ0v) is 9.95. The average molecular weight is 232 g/mol. The van der Waals surface area contributed by atoms with Gasteiger partial charge in [0.25, 0.3) is 0 Å². The van der Waals surface area contributed by atoms with E-state index in [9.17, 15) is 4.79 Å². The summed E-state index contributed by atoms with van der Waals surface area (Å²) in [7, 11) is 0. The Kier molecular flexibility index (Phi) is 3.15. The minimum absolute atomic E-state index is 0.318. The Balaban J connectivity index is 2.40. The largest absolute Gasteiger partial charge is 0.478 e. The summed E-state index contributed by atoms with van der Waals surface area (Å²) < 4.78 is 0. The molecule has 0 bridgehead atoms. The fourth-order valence-corrected chi connectivity index (χ4v) is 1.85. The minimum Gasteiger partial charge on any atom is -0.478 e. The Bertz CT molecular complexity index is 543. The van der Waals surface area contributed by atoms with Gasteiger partial charge in [0.15, 0.2) is 0 Å². The van der Waals surface area contributed by atoms with Crippen LogP contribution < -0.4 is 5.32 Å². The van der Waals surface area contributed by atoms with Gasteiger partial charge in [0, 0.05) is 24.2 Å². The van der Waals surface area contributed by atoms with Gasteiger partial charge >= 0.3 is 5.97 Å². The van der Waals surface area contributed by atoms with Crippen molar-refractivity contribution in [2.45, 2.75) is 26.4 Å². The number of H-pyrrole nitrogens is 1. The number of carbonyl (C=O) groups is 1. The second-order valence-electron chi connectivity index (χ2n) is 4.38. The first kappa shape index (κ1) is 11.7. The van der Waals surface area contributed by atoms with Crippen molar-refractivity contribution < 1.29 is 9.90 Å². The summed E-state index contributed by atoms with van der Waals surface area (Å²) in [6.07, 6.45) is 1.87. The number of carboxylic acid groups (broad SMARTS) is 1. The van der Waals surface area contributed by atoms with Gasteiger partial charge in [-0.3, -0.25) is 0 Å². The molecule has 90 valence electrons. The van der Waals surface area contributed by atoms with Crippen LogP contribution in [-0.2, 0) is 6.54 Å². The fraction of sp³-hybridized carbons (Fsp3) is 0.308. The highest BCUT2D eigenvalue weighted by Gasteiger charge is 2.11. The molecule has 0 atom stereocenters. The van der Waals surface area contributed by atoms with E-state index in [0.717, 1.165) is 17.5 Å². The van der Waals surface area contributed by atoms with E-state index in [1.165, 1.54) is 0 Å². The number of para-hydroxylation sites is 1. The molecule has 0 saturated heterocycles. The van der Waals surface area contributed by atoms with Crippen LogP contribution in [0.4, 0.5) is 0 Å². The van der Waals surface area contributed by atoms with Crippen LogP contribution >= 0.6 is 0 Å². The molecule has 4 heteroatoms. The molecule has 0 saturated carbocycles. The smallest absolute Gasteiger partial charge is 0.337 e. The standard InChI is InChI=1S/C13H16N2O2/c1-8(2)14-6-9-7-15-12-10(9)4-3-5-11(12)13(16)17/h3-5,7-8,14-15H,6H2,1-2H3,(H,16,17). The van der Waals surface area contributed by atoms with Crippen molar-refractivity contribution in [1.82, 2.24) is 10.3 Å². The molecule has 1 aromatic carbocycles. The van der Waals surface area contributed by atoms with E-state index in [1.807, 2.05) is 12.3 Å². The Morgan fingerprint density at radius 3 is 2.88 bits per heavy atom. The van der Waals surface area contributed by atoms with Crippen LogP contribution in [0.5, 0.6) is 0 Å². The number of aromatic amines is 1. The van der Waals surface area contributed by atoms with Crippen LogP contribution in [0.3, 0.4) is 0 Å². The van der Waals surface area contributed by atoms with Crippen molar-refractivity contribution in [3.8, 4) is 0 Å². The number of aromatic carboxylic acids is 1. The first-order valence-corrected chi connectivity index (χ1v) is 5.65. The van der Waals surface area contributed by atoms with Gasteiger partial charge in [0.2, 0.25) is 0 Å². The number of hydrogen-bond donors (Lipinski definition) is 3. The fourth-order valence-electron chi connectivity index (χ4n) is 1.85. The van der Waals surface area contributed by atoms with Gasteiger partial charge in [-0.1, -0.05) is 26.0 Å². The average Bonchev–Trinajstić information content (AvgIpc) is 2.68. The molecule has 0 fully saturated rings. The van der Waals surface area contributed by atoms with Crippen LogP contribution in [0.15, 0.2) is 24.4 Å². The third kappa shape index (κ3) is 2.31. The molecule has 1 heterocycles. The lowest BCUT2D eigenvalue weighted by Gasteiger charge is -2.06. The Labute approximate surface area is 99.7 Å². The van der Waals surface area contributed by atoms with E-state index < -0.39 is 5.97 Å². The molecule has 0 unspecified atom stereocenters. The van der Waals surface area contributed by atoms with E-state index in [-0.39, 0.29) is 0 Å². The molecule has 0 aliphatic carbocycles. The van der Waals surface area contributed by atoms with Crippen LogP contribution in [0, 0.1) is 0 Å². The van der Waals surface area contributed by atoms with E-state index in [0.29, 0.717) is 17.1 Å². The van der Waals surface area contributed by atoms with Crippen LogP contribution in [0.1, 0.15) is 29.8 Å². The van der Waals surface area contributed by atoms with Gasteiger partial charge in [-0.2, -0.15) is 0 Å². The number of carboxylic acids is 1. The second kappa shape index (κ2) is 4.59. The third-order valence-electron chi connectivity index (χ3n) is 2.73. The Hall–Kier alpha value is -1.81. The molecular formula is C13H16N2O2. The van der Waals surface area contributed by atoms with Gasteiger partial charge in [-0.25, -0.2) is 4.79 Å². The monoisotopic (exact) mass is 232 g/mol. The second-order valence-corrected chi connectivity index (χ2v) is 4.38. The highest BCUT2D eigenvalue weighted by Crippen LogP contribution is 2.21. The van der Waals surface area contributed by atoms with Crippen LogP contribution in [0.2, 0.25) is 0 Å².